The molecule has 0 saturated heterocycles. The van der Waals surface area contributed by atoms with Crippen LogP contribution in [-0.2, 0) is 19.3 Å². The molecule has 0 radical (unpaired) electrons. The molecule has 0 atom stereocenters. The summed E-state index contributed by atoms with van der Waals surface area (Å²) in [5, 5.41) is 8.31. The molecule has 1 heterocycles. The standard InChI is InChI=1S/C20H29ClN2OS/c1-4-18-16(19(5-2)23-22-18)10-8-6-7-9-13-24-20-12-11-15(25-3)14-17(20)21/h11-12,14H,4-10,13H2,1-3H3,(H,22,23). The summed E-state index contributed by atoms with van der Waals surface area (Å²) in [5.41, 5.74) is 3.99. The SMILES string of the molecule is CCc1n[nH]c(CC)c1CCCCCCOc1ccc(SC)cc1Cl. The van der Waals surface area contributed by atoms with E-state index in [0.717, 1.165) is 42.9 Å². The second kappa shape index (κ2) is 10.8. The van der Waals surface area contributed by atoms with Crippen LogP contribution in [-0.4, -0.2) is 23.1 Å². The molecule has 2 rings (SSSR count). The zero-order valence-corrected chi connectivity index (χ0v) is 17.1. The van der Waals surface area contributed by atoms with E-state index in [1.165, 1.54) is 36.2 Å². The quantitative estimate of drug-likeness (QED) is 0.378. The Labute approximate surface area is 160 Å². The number of unbranched alkanes of at least 4 members (excludes halogenated alkanes) is 3. The number of aryl methyl sites for hydroxylation is 2. The molecule has 0 unspecified atom stereocenters. The van der Waals surface area contributed by atoms with Crippen LogP contribution in [0.2, 0.25) is 5.02 Å². The molecular formula is C20H29ClN2OS. The van der Waals surface area contributed by atoms with Gasteiger partial charge in [0.05, 0.1) is 17.3 Å². The van der Waals surface area contributed by atoms with Crippen LogP contribution in [0.1, 0.15) is 56.5 Å². The first kappa shape index (κ1) is 20.2. The number of thioether (sulfide) groups is 1. The van der Waals surface area contributed by atoms with Crippen molar-refractivity contribution >= 4 is 23.4 Å². The fraction of sp³-hybridized carbons (Fsp3) is 0.550. The first-order valence-corrected chi connectivity index (χ1v) is 10.8. The Hall–Kier alpha value is -1.13. The lowest BCUT2D eigenvalue weighted by Gasteiger charge is -2.09. The summed E-state index contributed by atoms with van der Waals surface area (Å²) in [7, 11) is 0. The van der Waals surface area contributed by atoms with Crippen molar-refractivity contribution in [1.82, 2.24) is 10.2 Å². The minimum atomic E-state index is 0.700. The van der Waals surface area contributed by atoms with Gasteiger partial charge in [0, 0.05) is 10.6 Å². The number of halogens is 1. The topological polar surface area (TPSA) is 37.9 Å². The third-order valence-corrected chi connectivity index (χ3v) is 5.47. The molecule has 0 aliphatic heterocycles. The van der Waals surface area contributed by atoms with Gasteiger partial charge < -0.3 is 4.74 Å². The number of rotatable bonds is 11. The molecule has 1 aromatic heterocycles. The minimum absolute atomic E-state index is 0.700. The Bertz CT molecular complexity index is 636. The third-order valence-electron chi connectivity index (χ3n) is 4.44. The third kappa shape index (κ3) is 5.96. The molecule has 3 nitrogen and oxygen atoms in total. The summed E-state index contributed by atoms with van der Waals surface area (Å²) >= 11 is 7.92. The molecule has 138 valence electrons. The van der Waals surface area contributed by atoms with Gasteiger partial charge in [-0.05, 0) is 62.1 Å². The van der Waals surface area contributed by atoms with Crippen LogP contribution in [0.25, 0.3) is 0 Å². The molecule has 0 aliphatic rings. The first-order chi connectivity index (χ1) is 12.2. The number of aromatic amines is 1. The second-order valence-electron chi connectivity index (χ2n) is 6.14. The number of benzene rings is 1. The summed E-state index contributed by atoms with van der Waals surface area (Å²) in [4.78, 5) is 1.16. The van der Waals surface area contributed by atoms with Gasteiger partial charge in [-0.1, -0.05) is 38.3 Å². The maximum Gasteiger partial charge on any atom is 0.137 e. The number of nitrogens with one attached hydrogen (secondary N) is 1. The molecule has 0 aliphatic carbocycles. The fourth-order valence-electron chi connectivity index (χ4n) is 2.99. The van der Waals surface area contributed by atoms with E-state index < -0.39 is 0 Å². The number of nitrogens with zero attached hydrogens (tertiary/aromatic N) is 1. The number of ether oxygens (including phenoxy) is 1. The van der Waals surface area contributed by atoms with Crippen molar-refractivity contribution in [2.24, 2.45) is 0 Å². The molecular weight excluding hydrogens is 352 g/mol. The molecule has 0 saturated carbocycles. The summed E-state index contributed by atoms with van der Waals surface area (Å²) < 4.78 is 5.81. The van der Waals surface area contributed by atoms with Gasteiger partial charge >= 0.3 is 0 Å². The number of hydrogen-bond donors (Lipinski definition) is 1. The Morgan fingerprint density at radius 3 is 2.60 bits per heavy atom. The van der Waals surface area contributed by atoms with Gasteiger partial charge in [0.25, 0.3) is 0 Å². The number of aromatic nitrogens is 2. The van der Waals surface area contributed by atoms with E-state index in [4.69, 9.17) is 16.3 Å². The molecule has 5 heteroatoms. The highest BCUT2D eigenvalue weighted by Crippen LogP contribution is 2.29. The lowest BCUT2D eigenvalue weighted by Crippen LogP contribution is -1.99. The number of hydrogen-bond acceptors (Lipinski definition) is 3. The highest BCUT2D eigenvalue weighted by Gasteiger charge is 2.09. The normalized spacial score (nSPS) is 11.0. The Morgan fingerprint density at radius 2 is 1.92 bits per heavy atom. The molecule has 0 amide bonds. The molecule has 0 fully saturated rings. The van der Waals surface area contributed by atoms with E-state index in [9.17, 15) is 0 Å². The van der Waals surface area contributed by atoms with Crippen molar-refractivity contribution in [2.45, 2.75) is 63.7 Å². The molecule has 1 N–H and O–H groups in total. The van der Waals surface area contributed by atoms with Crippen LogP contribution in [0.3, 0.4) is 0 Å². The smallest absolute Gasteiger partial charge is 0.137 e. The van der Waals surface area contributed by atoms with Crippen LogP contribution in [0.4, 0.5) is 0 Å². The zero-order valence-electron chi connectivity index (χ0n) is 15.5. The van der Waals surface area contributed by atoms with Crippen molar-refractivity contribution in [3.05, 3.63) is 40.2 Å². The van der Waals surface area contributed by atoms with Crippen molar-refractivity contribution in [3.63, 3.8) is 0 Å². The van der Waals surface area contributed by atoms with Crippen LogP contribution < -0.4 is 4.74 Å². The largest absolute Gasteiger partial charge is 0.492 e. The van der Waals surface area contributed by atoms with E-state index in [1.807, 2.05) is 24.5 Å². The van der Waals surface area contributed by atoms with E-state index in [2.05, 4.69) is 24.0 Å². The van der Waals surface area contributed by atoms with Gasteiger partial charge in [-0.15, -0.1) is 11.8 Å². The van der Waals surface area contributed by atoms with E-state index in [1.54, 1.807) is 11.8 Å². The van der Waals surface area contributed by atoms with Crippen molar-refractivity contribution < 1.29 is 4.74 Å². The average Bonchev–Trinajstić information content (AvgIpc) is 3.03. The van der Waals surface area contributed by atoms with Gasteiger partial charge in [0.1, 0.15) is 5.75 Å². The maximum absolute atomic E-state index is 6.24. The average molecular weight is 381 g/mol. The van der Waals surface area contributed by atoms with E-state index in [0.29, 0.717) is 5.02 Å². The minimum Gasteiger partial charge on any atom is -0.492 e. The lowest BCUT2D eigenvalue weighted by molar-refractivity contribution is 0.304. The molecule has 2 aromatic rings. The highest BCUT2D eigenvalue weighted by molar-refractivity contribution is 7.98. The van der Waals surface area contributed by atoms with Crippen molar-refractivity contribution in [1.29, 1.82) is 0 Å². The maximum atomic E-state index is 6.24. The monoisotopic (exact) mass is 380 g/mol. The zero-order chi connectivity index (χ0) is 18.1. The highest BCUT2D eigenvalue weighted by atomic mass is 35.5. The van der Waals surface area contributed by atoms with Crippen LogP contribution in [0.15, 0.2) is 23.1 Å². The van der Waals surface area contributed by atoms with Crippen LogP contribution in [0.5, 0.6) is 5.75 Å². The van der Waals surface area contributed by atoms with Gasteiger partial charge in [-0.25, -0.2) is 0 Å². The lowest BCUT2D eigenvalue weighted by atomic mass is 10.0. The van der Waals surface area contributed by atoms with Gasteiger partial charge in [-0.3, -0.25) is 5.10 Å². The summed E-state index contributed by atoms with van der Waals surface area (Å²) in [6.07, 6.45) is 9.90. The summed E-state index contributed by atoms with van der Waals surface area (Å²) in [6, 6.07) is 5.97. The summed E-state index contributed by atoms with van der Waals surface area (Å²) in [6.45, 7) is 5.09. The fourth-order valence-corrected chi connectivity index (χ4v) is 3.73. The van der Waals surface area contributed by atoms with Gasteiger partial charge in [0.15, 0.2) is 0 Å². The predicted octanol–water partition coefficient (Wildman–Crippen LogP) is 6.09. The first-order valence-electron chi connectivity index (χ1n) is 9.20. The Kier molecular flexibility index (Phi) is 8.70. The summed E-state index contributed by atoms with van der Waals surface area (Å²) in [5.74, 6) is 0.790. The Balaban J connectivity index is 1.65. The Morgan fingerprint density at radius 1 is 1.12 bits per heavy atom. The second-order valence-corrected chi connectivity index (χ2v) is 7.43. The molecule has 0 spiro atoms. The van der Waals surface area contributed by atoms with Gasteiger partial charge in [-0.2, -0.15) is 5.10 Å². The van der Waals surface area contributed by atoms with Crippen molar-refractivity contribution in [3.8, 4) is 5.75 Å². The molecule has 1 aromatic carbocycles. The van der Waals surface area contributed by atoms with E-state index in [-0.39, 0.29) is 0 Å². The van der Waals surface area contributed by atoms with Gasteiger partial charge in [0.2, 0.25) is 0 Å². The predicted molar refractivity (Wildman–Crippen MR) is 108 cm³/mol. The van der Waals surface area contributed by atoms with Crippen LogP contribution >= 0.6 is 23.4 Å². The number of H-pyrrole nitrogens is 1. The molecule has 25 heavy (non-hydrogen) atoms. The van der Waals surface area contributed by atoms with E-state index >= 15 is 0 Å². The van der Waals surface area contributed by atoms with Crippen molar-refractivity contribution in [2.75, 3.05) is 12.9 Å². The molecule has 0 bridgehead atoms. The van der Waals surface area contributed by atoms with Crippen LogP contribution in [0, 0.1) is 0 Å².